The van der Waals surface area contributed by atoms with E-state index in [4.69, 9.17) is 10.6 Å². The van der Waals surface area contributed by atoms with Crippen molar-refractivity contribution in [1.29, 1.82) is 0 Å². The molecule has 0 spiro atoms. The summed E-state index contributed by atoms with van der Waals surface area (Å²) in [5.41, 5.74) is 3.39. The number of ether oxygens (including phenoxy) is 1. The standard InChI is InChI=1S/C18H26BrN3O3/c1-18(2,3)13-6-7-15(14(19)9-13)25-11-16(23)22-8-4-5-12(10-22)17(24)21-20/h6-7,9,12H,4-5,8,10-11,20H2,1-3H3,(H,21,24). The van der Waals surface area contributed by atoms with E-state index in [0.717, 1.165) is 17.3 Å². The average Bonchev–Trinajstić information content (AvgIpc) is 2.58. The number of nitrogens with zero attached hydrogens (tertiary/aromatic N) is 1. The molecule has 1 aliphatic rings. The van der Waals surface area contributed by atoms with Crippen LogP contribution in [0.4, 0.5) is 0 Å². The maximum absolute atomic E-state index is 12.4. The quantitative estimate of drug-likeness (QED) is 0.452. The van der Waals surface area contributed by atoms with Crippen LogP contribution < -0.4 is 16.0 Å². The largest absolute Gasteiger partial charge is 0.483 e. The summed E-state index contributed by atoms with van der Waals surface area (Å²) < 4.78 is 6.50. The number of rotatable bonds is 4. The van der Waals surface area contributed by atoms with Gasteiger partial charge in [-0.1, -0.05) is 26.8 Å². The normalized spacial score (nSPS) is 18.0. The first-order valence-corrected chi connectivity index (χ1v) is 9.22. The van der Waals surface area contributed by atoms with Gasteiger partial charge in [0.1, 0.15) is 5.75 Å². The van der Waals surface area contributed by atoms with E-state index in [9.17, 15) is 9.59 Å². The summed E-state index contributed by atoms with van der Waals surface area (Å²) in [6.45, 7) is 7.40. The third kappa shape index (κ3) is 5.19. The van der Waals surface area contributed by atoms with Crippen molar-refractivity contribution < 1.29 is 14.3 Å². The van der Waals surface area contributed by atoms with E-state index in [1.165, 1.54) is 5.56 Å². The lowest BCUT2D eigenvalue weighted by atomic mass is 9.87. The molecule has 0 radical (unpaired) electrons. The minimum atomic E-state index is -0.250. The fourth-order valence-electron chi connectivity index (χ4n) is 2.85. The summed E-state index contributed by atoms with van der Waals surface area (Å²) in [6.07, 6.45) is 1.53. The molecule has 2 rings (SSSR count). The number of hydrogen-bond donors (Lipinski definition) is 2. The van der Waals surface area contributed by atoms with Crippen molar-refractivity contribution in [1.82, 2.24) is 10.3 Å². The van der Waals surface area contributed by atoms with Crippen LogP contribution >= 0.6 is 15.9 Å². The van der Waals surface area contributed by atoms with Gasteiger partial charge in [-0.05, 0) is 51.9 Å². The predicted octanol–water partition coefficient (Wildman–Crippen LogP) is 2.35. The van der Waals surface area contributed by atoms with Gasteiger partial charge in [0.2, 0.25) is 5.91 Å². The third-order valence-electron chi connectivity index (χ3n) is 4.44. The summed E-state index contributed by atoms with van der Waals surface area (Å²) in [5.74, 6) is 5.22. The SMILES string of the molecule is CC(C)(C)c1ccc(OCC(=O)N2CCCC(C(=O)NN)C2)c(Br)c1. The van der Waals surface area contributed by atoms with E-state index in [0.29, 0.717) is 18.8 Å². The van der Waals surface area contributed by atoms with Crippen molar-refractivity contribution in [2.24, 2.45) is 11.8 Å². The molecule has 1 heterocycles. The third-order valence-corrected chi connectivity index (χ3v) is 5.06. The Morgan fingerprint density at radius 1 is 1.40 bits per heavy atom. The maximum Gasteiger partial charge on any atom is 0.260 e. The molecule has 0 aliphatic carbocycles. The molecular formula is C18H26BrN3O3. The summed E-state index contributed by atoms with van der Waals surface area (Å²) in [6, 6.07) is 5.90. The molecule has 138 valence electrons. The molecule has 0 bridgehead atoms. The summed E-state index contributed by atoms with van der Waals surface area (Å²) in [4.78, 5) is 25.7. The molecule has 3 N–H and O–H groups in total. The number of carbonyl (C=O) groups is 2. The van der Waals surface area contributed by atoms with Gasteiger partial charge in [-0.2, -0.15) is 0 Å². The average molecular weight is 412 g/mol. The predicted molar refractivity (Wildman–Crippen MR) is 100.0 cm³/mol. The Bertz CT molecular complexity index is 643. The number of likely N-dealkylation sites (tertiary alicyclic amines) is 1. The van der Waals surface area contributed by atoms with Gasteiger partial charge in [0.15, 0.2) is 6.61 Å². The Labute approximate surface area is 157 Å². The zero-order valence-corrected chi connectivity index (χ0v) is 16.6. The fourth-order valence-corrected chi connectivity index (χ4v) is 3.34. The van der Waals surface area contributed by atoms with Gasteiger partial charge in [-0.25, -0.2) is 5.84 Å². The highest BCUT2D eigenvalue weighted by molar-refractivity contribution is 9.10. The van der Waals surface area contributed by atoms with E-state index >= 15 is 0 Å². The molecule has 1 atom stereocenters. The number of nitrogens with two attached hydrogens (primary N) is 1. The first-order chi connectivity index (χ1) is 11.7. The lowest BCUT2D eigenvalue weighted by Gasteiger charge is -2.31. The van der Waals surface area contributed by atoms with Crippen LogP contribution in [0.1, 0.15) is 39.2 Å². The van der Waals surface area contributed by atoms with Crippen LogP contribution in [0.3, 0.4) is 0 Å². The molecule has 7 heteroatoms. The number of hydrazine groups is 1. The van der Waals surface area contributed by atoms with Gasteiger partial charge in [0.25, 0.3) is 5.91 Å². The van der Waals surface area contributed by atoms with Crippen molar-refractivity contribution in [3.8, 4) is 5.75 Å². The van der Waals surface area contributed by atoms with Gasteiger partial charge < -0.3 is 9.64 Å². The van der Waals surface area contributed by atoms with Crippen LogP contribution in [0.25, 0.3) is 0 Å². The topological polar surface area (TPSA) is 84.7 Å². The molecule has 6 nitrogen and oxygen atoms in total. The summed E-state index contributed by atoms with van der Waals surface area (Å²) >= 11 is 3.51. The molecule has 0 saturated carbocycles. The number of carbonyl (C=O) groups excluding carboxylic acids is 2. The van der Waals surface area contributed by atoms with Crippen molar-refractivity contribution in [2.45, 2.75) is 39.0 Å². The number of amides is 2. The van der Waals surface area contributed by atoms with Crippen LogP contribution in [0.5, 0.6) is 5.75 Å². The first-order valence-electron chi connectivity index (χ1n) is 8.43. The zero-order chi connectivity index (χ0) is 18.6. The highest BCUT2D eigenvalue weighted by atomic mass is 79.9. The molecule has 2 amide bonds. The second-order valence-corrected chi connectivity index (χ2v) is 8.23. The number of nitrogens with one attached hydrogen (secondary N) is 1. The highest BCUT2D eigenvalue weighted by Crippen LogP contribution is 2.31. The molecule has 1 aromatic rings. The van der Waals surface area contributed by atoms with Crippen LogP contribution in [0.2, 0.25) is 0 Å². The van der Waals surface area contributed by atoms with Gasteiger partial charge in [-0.15, -0.1) is 0 Å². The van der Waals surface area contributed by atoms with E-state index in [-0.39, 0.29) is 29.8 Å². The summed E-state index contributed by atoms with van der Waals surface area (Å²) in [7, 11) is 0. The Hall–Kier alpha value is -1.60. The van der Waals surface area contributed by atoms with Crippen LogP contribution in [0, 0.1) is 5.92 Å². The van der Waals surface area contributed by atoms with Crippen molar-refractivity contribution >= 4 is 27.7 Å². The van der Waals surface area contributed by atoms with E-state index < -0.39 is 0 Å². The minimum Gasteiger partial charge on any atom is -0.483 e. The maximum atomic E-state index is 12.4. The molecule has 1 aromatic carbocycles. The number of hydrogen-bond acceptors (Lipinski definition) is 4. The van der Waals surface area contributed by atoms with E-state index in [1.54, 1.807) is 4.90 Å². The number of benzene rings is 1. The van der Waals surface area contributed by atoms with Gasteiger partial charge >= 0.3 is 0 Å². The van der Waals surface area contributed by atoms with Crippen molar-refractivity contribution in [2.75, 3.05) is 19.7 Å². The van der Waals surface area contributed by atoms with Crippen molar-refractivity contribution in [3.05, 3.63) is 28.2 Å². The monoisotopic (exact) mass is 411 g/mol. The van der Waals surface area contributed by atoms with Crippen LogP contribution in [0.15, 0.2) is 22.7 Å². The smallest absolute Gasteiger partial charge is 0.260 e. The Kier molecular flexibility index (Phi) is 6.46. The van der Waals surface area contributed by atoms with E-state index in [2.05, 4.69) is 42.1 Å². The fraction of sp³-hybridized carbons (Fsp3) is 0.556. The van der Waals surface area contributed by atoms with Crippen molar-refractivity contribution in [3.63, 3.8) is 0 Å². The molecule has 0 aromatic heterocycles. The van der Waals surface area contributed by atoms with Gasteiger partial charge in [0, 0.05) is 13.1 Å². The first kappa shape index (κ1) is 19.7. The second kappa shape index (κ2) is 8.19. The Morgan fingerprint density at radius 3 is 2.72 bits per heavy atom. The molecule has 1 saturated heterocycles. The Morgan fingerprint density at radius 2 is 2.12 bits per heavy atom. The molecular weight excluding hydrogens is 386 g/mol. The summed E-state index contributed by atoms with van der Waals surface area (Å²) in [5, 5.41) is 0. The van der Waals surface area contributed by atoms with Crippen LogP contribution in [-0.2, 0) is 15.0 Å². The minimum absolute atomic E-state index is 0.0449. The molecule has 1 aliphatic heterocycles. The zero-order valence-electron chi connectivity index (χ0n) is 15.0. The molecule has 1 unspecified atom stereocenters. The Balaban J connectivity index is 1.94. The lowest BCUT2D eigenvalue weighted by molar-refractivity contribution is -0.137. The van der Waals surface area contributed by atoms with Gasteiger partial charge in [0.05, 0.1) is 10.4 Å². The van der Waals surface area contributed by atoms with Crippen LogP contribution in [-0.4, -0.2) is 36.4 Å². The lowest BCUT2D eigenvalue weighted by Crippen LogP contribution is -2.48. The second-order valence-electron chi connectivity index (χ2n) is 7.37. The molecule has 1 fully saturated rings. The highest BCUT2D eigenvalue weighted by Gasteiger charge is 2.28. The number of halogens is 1. The van der Waals surface area contributed by atoms with Gasteiger partial charge in [-0.3, -0.25) is 15.0 Å². The van der Waals surface area contributed by atoms with E-state index in [1.807, 2.05) is 18.2 Å². The number of piperidine rings is 1. The molecule has 25 heavy (non-hydrogen) atoms.